The van der Waals surface area contributed by atoms with Gasteiger partial charge in [0.1, 0.15) is 13.2 Å². The summed E-state index contributed by atoms with van der Waals surface area (Å²) in [6, 6.07) is 11.3. The number of ether oxygens (including phenoxy) is 2. The molecule has 0 saturated heterocycles. The number of fused-ring (bicyclic) bond motifs is 2. The van der Waals surface area contributed by atoms with Gasteiger partial charge in [-0.05, 0) is 45.3 Å². The number of hydrogen-bond donors (Lipinski definition) is 0. The Morgan fingerprint density at radius 3 is 2.57 bits per heavy atom. The molecule has 0 atom stereocenters. The fourth-order valence-electron chi connectivity index (χ4n) is 3.17. The van der Waals surface area contributed by atoms with Gasteiger partial charge < -0.3 is 14.4 Å². The number of amides is 1. The van der Waals surface area contributed by atoms with E-state index in [9.17, 15) is 4.79 Å². The van der Waals surface area contributed by atoms with E-state index in [1.54, 1.807) is 4.90 Å². The van der Waals surface area contributed by atoms with Gasteiger partial charge in [0.15, 0.2) is 16.6 Å². The summed E-state index contributed by atoms with van der Waals surface area (Å²) in [5.74, 6) is 1.39. The number of halogens is 2. The van der Waals surface area contributed by atoms with Crippen molar-refractivity contribution < 1.29 is 14.3 Å². The third-order valence-corrected chi connectivity index (χ3v) is 6.11. The maximum Gasteiger partial charge on any atom is 0.260 e. The van der Waals surface area contributed by atoms with E-state index in [1.165, 1.54) is 11.3 Å². The Bertz CT molecular complexity index is 1000. The molecule has 0 saturated carbocycles. The Hall–Kier alpha value is -1.87. The Labute approximate surface area is 194 Å². The lowest BCUT2D eigenvalue weighted by Gasteiger charge is -2.21. The summed E-state index contributed by atoms with van der Waals surface area (Å²) in [5, 5.41) is 0.686. The topological polar surface area (TPSA) is 54.9 Å². The second kappa shape index (κ2) is 9.96. The lowest BCUT2D eigenvalue weighted by atomic mass is 10.2. The summed E-state index contributed by atoms with van der Waals surface area (Å²) in [4.78, 5) is 22.0. The summed E-state index contributed by atoms with van der Waals surface area (Å²) in [5.41, 5.74) is 1.45. The van der Waals surface area contributed by atoms with Gasteiger partial charge in [0, 0.05) is 28.7 Å². The van der Waals surface area contributed by atoms with E-state index in [2.05, 4.69) is 20.8 Å². The van der Waals surface area contributed by atoms with Crippen LogP contribution in [0.2, 0.25) is 0 Å². The molecule has 1 aliphatic heterocycles. The molecule has 1 aromatic heterocycles. The van der Waals surface area contributed by atoms with Gasteiger partial charge in [-0.1, -0.05) is 33.3 Å². The van der Waals surface area contributed by atoms with Crippen LogP contribution in [0.15, 0.2) is 40.9 Å². The first-order chi connectivity index (χ1) is 14.0. The zero-order valence-electron chi connectivity index (χ0n) is 16.8. The van der Waals surface area contributed by atoms with Gasteiger partial charge in [-0.3, -0.25) is 9.69 Å². The number of nitrogens with zero attached hydrogens (tertiary/aromatic N) is 3. The molecular weight excluding hydrogens is 490 g/mol. The Balaban J connectivity index is 0.00000256. The molecule has 3 aromatic rings. The van der Waals surface area contributed by atoms with Crippen molar-refractivity contribution in [3.8, 4) is 11.5 Å². The van der Waals surface area contributed by atoms with Gasteiger partial charge in [-0.25, -0.2) is 4.98 Å². The molecule has 2 aromatic carbocycles. The van der Waals surface area contributed by atoms with E-state index in [4.69, 9.17) is 14.5 Å². The first-order valence-corrected chi connectivity index (χ1v) is 11.0. The number of carbonyl (C=O) groups is 1. The van der Waals surface area contributed by atoms with Gasteiger partial charge in [0.25, 0.3) is 5.91 Å². The summed E-state index contributed by atoms with van der Waals surface area (Å²) >= 11 is 4.95. The van der Waals surface area contributed by atoms with E-state index in [0.717, 1.165) is 33.4 Å². The molecule has 30 heavy (non-hydrogen) atoms. The van der Waals surface area contributed by atoms with E-state index >= 15 is 0 Å². The quantitative estimate of drug-likeness (QED) is 0.473. The highest BCUT2D eigenvalue weighted by Crippen LogP contribution is 2.39. The zero-order chi connectivity index (χ0) is 20.4. The molecule has 6 nitrogen and oxygen atoms in total. The lowest BCUT2D eigenvalue weighted by Crippen LogP contribution is -2.33. The second-order valence-corrected chi connectivity index (χ2v) is 9.01. The number of benzene rings is 2. The molecule has 0 unspecified atom stereocenters. The predicted molar refractivity (Wildman–Crippen MR) is 127 cm³/mol. The third-order valence-electron chi connectivity index (χ3n) is 4.58. The van der Waals surface area contributed by atoms with Crippen molar-refractivity contribution in [3.05, 3.63) is 46.4 Å². The van der Waals surface area contributed by atoms with Crippen LogP contribution < -0.4 is 14.4 Å². The second-order valence-electron chi connectivity index (χ2n) is 7.08. The fraction of sp³-hybridized carbons (Fsp3) is 0.333. The summed E-state index contributed by atoms with van der Waals surface area (Å²) in [6.07, 6.45) is 0.853. The number of rotatable bonds is 6. The van der Waals surface area contributed by atoms with Gasteiger partial charge in [-0.15, -0.1) is 12.4 Å². The molecule has 0 fully saturated rings. The average molecular weight is 513 g/mol. The molecule has 1 aliphatic rings. The van der Waals surface area contributed by atoms with Crippen LogP contribution in [0.5, 0.6) is 11.5 Å². The van der Waals surface area contributed by atoms with Crippen molar-refractivity contribution in [2.75, 3.05) is 45.3 Å². The number of hydrogen-bond acceptors (Lipinski definition) is 6. The van der Waals surface area contributed by atoms with Crippen LogP contribution in [-0.4, -0.2) is 56.2 Å². The van der Waals surface area contributed by atoms with Crippen LogP contribution in [0, 0.1) is 0 Å². The van der Waals surface area contributed by atoms with Crippen molar-refractivity contribution in [2.45, 2.75) is 6.42 Å². The van der Waals surface area contributed by atoms with Crippen LogP contribution in [0.4, 0.5) is 5.13 Å². The normalized spacial score (nSPS) is 12.7. The molecule has 2 heterocycles. The molecular formula is C21H23BrClN3O3S. The maximum absolute atomic E-state index is 13.3. The molecule has 0 bridgehead atoms. The predicted octanol–water partition coefficient (Wildman–Crippen LogP) is 4.85. The molecule has 0 radical (unpaired) electrons. The molecule has 0 aliphatic carbocycles. The lowest BCUT2D eigenvalue weighted by molar-refractivity contribution is 0.0986. The summed E-state index contributed by atoms with van der Waals surface area (Å²) in [7, 11) is 4.06. The highest BCUT2D eigenvalue weighted by atomic mass is 79.9. The van der Waals surface area contributed by atoms with E-state index in [1.807, 2.05) is 50.5 Å². The number of thiazole rings is 1. The first kappa shape index (κ1) is 22.8. The summed E-state index contributed by atoms with van der Waals surface area (Å²) < 4.78 is 13.2. The number of aromatic nitrogens is 1. The minimum atomic E-state index is -0.0543. The molecule has 160 valence electrons. The monoisotopic (exact) mass is 511 g/mol. The minimum absolute atomic E-state index is 0. The number of anilines is 1. The van der Waals surface area contributed by atoms with Crippen LogP contribution in [-0.2, 0) is 0 Å². The Morgan fingerprint density at radius 2 is 1.87 bits per heavy atom. The largest absolute Gasteiger partial charge is 0.486 e. The molecule has 0 N–H and O–H groups in total. The highest BCUT2D eigenvalue weighted by Gasteiger charge is 2.23. The zero-order valence-corrected chi connectivity index (χ0v) is 20.0. The van der Waals surface area contributed by atoms with Crippen LogP contribution in [0.3, 0.4) is 0 Å². The SMILES string of the molecule is CN(C)CCCN(C(=O)c1cccc(Br)c1)c1nc2cc3c(cc2s1)OCCO3.Cl. The Kier molecular flexibility index (Phi) is 7.57. The van der Waals surface area contributed by atoms with Gasteiger partial charge >= 0.3 is 0 Å². The van der Waals surface area contributed by atoms with Crippen molar-refractivity contribution in [1.82, 2.24) is 9.88 Å². The fourth-order valence-corrected chi connectivity index (χ4v) is 4.57. The summed E-state index contributed by atoms with van der Waals surface area (Å²) in [6.45, 7) is 2.56. The van der Waals surface area contributed by atoms with Gasteiger partial charge in [0.05, 0.1) is 10.2 Å². The van der Waals surface area contributed by atoms with Gasteiger partial charge in [0.2, 0.25) is 0 Å². The molecule has 0 spiro atoms. The Morgan fingerprint density at radius 1 is 1.13 bits per heavy atom. The van der Waals surface area contributed by atoms with Gasteiger partial charge in [-0.2, -0.15) is 0 Å². The average Bonchev–Trinajstić information content (AvgIpc) is 3.11. The van der Waals surface area contributed by atoms with E-state index in [0.29, 0.717) is 36.2 Å². The van der Waals surface area contributed by atoms with Crippen molar-refractivity contribution in [3.63, 3.8) is 0 Å². The van der Waals surface area contributed by atoms with Crippen molar-refractivity contribution in [1.29, 1.82) is 0 Å². The van der Waals surface area contributed by atoms with Crippen molar-refractivity contribution in [2.24, 2.45) is 0 Å². The molecule has 1 amide bonds. The molecule has 4 rings (SSSR count). The first-order valence-electron chi connectivity index (χ1n) is 9.43. The minimum Gasteiger partial charge on any atom is -0.486 e. The van der Waals surface area contributed by atoms with Crippen LogP contribution in [0.1, 0.15) is 16.8 Å². The van der Waals surface area contributed by atoms with Crippen molar-refractivity contribution >= 4 is 60.9 Å². The molecule has 9 heteroatoms. The smallest absolute Gasteiger partial charge is 0.260 e. The van der Waals surface area contributed by atoms with E-state index < -0.39 is 0 Å². The highest BCUT2D eigenvalue weighted by molar-refractivity contribution is 9.10. The standard InChI is InChI=1S/C21H22BrN3O3S.ClH/c1-24(2)7-4-8-25(20(26)14-5-3-6-15(22)11-14)21-23-16-12-17-18(13-19(16)29-21)28-10-9-27-17;/h3,5-6,11-13H,4,7-10H2,1-2H3;1H. The maximum atomic E-state index is 13.3. The van der Waals surface area contributed by atoms with E-state index in [-0.39, 0.29) is 18.3 Å². The third kappa shape index (κ3) is 5.06. The number of carbonyl (C=O) groups excluding carboxylic acids is 1. The van der Waals surface area contributed by atoms with Crippen LogP contribution in [0.25, 0.3) is 10.2 Å². The van der Waals surface area contributed by atoms with Crippen LogP contribution >= 0.6 is 39.7 Å².